The van der Waals surface area contributed by atoms with Crippen molar-refractivity contribution in [1.29, 1.82) is 0 Å². The topological polar surface area (TPSA) is 71.3 Å². The molecule has 2 heterocycles. The molecule has 0 spiro atoms. The minimum atomic E-state index is -0.171. The zero-order chi connectivity index (χ0) is 18.0. The van der Waals surface area contributed by atoms with E-state index in [1.54, 1.807) is 11.8 Å². The van der Waals surface area contributed by atoms with Gasteiger partial charge in [0, 0.05) is 18.5 Å². The number of nitrogens with one attached hydrogen (secondary N) is 1. The highest BCUT2D eigenvalue weighted by Gasteiger charge is 2.34. The molecule has 0 radical (unpaired) electrons. The van der Waals surface area contributed by atoms with Gasteiger partial charge in [-0.05, 0) is 42.9 Å². The summed E-state index contributed by atoms with van der Waals surface area (Å²) in [5.74, 6) is 1.02. The molecular weight excluding hydrogens is 340 g/mol. The maximum absolute atomic E-state index is 12.9. The second-order valence-electron chi connectivity index (χ2n) is 6.21. The quantitative estimate of drug-likeness (QED) is 0.867. The van der Waals surface area contributed by atoms with Crippen molar-refractivity contribution in [3.8, 4) is 0 Å². The van der Waals surface area contributed by atoms with E-state index < -0.39 is 0 Å². The van der Waals surface area contributed by atoms with Gasteiger partial charge in [0.25, 0.3) is 0 Å². The Morgan fingerprint density at radius 2 is 2.16 bits per heavy atom. The van der Waals surface area contributed by atoms with Crippen LogP contribution >= 0.6 is 11.6 Å². The molecule has 0 bridgehead atoms. The Bertz CT molecular complexity index is 774. The zero-order valence-corrected chi connectivity index (χ0v) is 15.6. The molecule has 134 valence electrons. The van der Waals surface area contributed by atoms with E-state index in [0.29, 0.717) is 23.3 Å². The van der Waals surface area contributed by atoms with Crippen LogP contribution in [0.3, 0.4) is 0 Å². The minimum Gasteiger partial charge on any atom is -0.423 e. The summed E-state index contributed by atoms with van der Waals surface area (Å²) < 4.78 is 5.54. The van der Waals surface area contributed by atoms with Gasteiger partial charge in [0.15, 0.2) is 0 Å². The number of hydrogen-bond donors (Lipinski definition) is 1. The fourth-order valence-corrected chi connectivity index (χ4v) is 3.65. The molecular formula is C18H23ClN4O2. The van der Waals surface area contributed by atoms with E-state index >= 15 is 0 Å². The summed E-state index contributed by atoms with van der Waals surface area (Å²) in [7, 11) is 0. The molecule has 1 fully saturated rings. The van der Waals surface area contributed by atoms with E-state index in [2.05, 4.69) is 22.4 Å². The Morgan fingerprint density at radius 1 is 1.36 bits per heavy atom. The van der Waals surface area contributed by atoms with Crippen LogP contribution in [0.1, 0.15) is 55.6 Å². The van der Waals surface area contributed by atoms with Crippen LogP contribution in [-0.2, 0) is 12.8 Å². The molecule has 1 saturated heterocycles. The maximum Gasteiger partial charge on any atom is 0.322 e. The number of aromatic nitrogens is 2. The molecule has 0 saturated carbocycles. The number of rotatable bonds is 4. The van der Waals surface area contributed by atoms with Gasteiger partial charge in [0.1, 0.15) is 6.04 Å². The monoisotopic (exact) mass is 362 g/mol. The highest BCUT2D eigenvalue weighted by molar-refractivity contribution is 6.32. The van der Waals surface area contributed by atoms with Gasteiger partial charge in [-0.2, -0.15) is 0 Å². The first-order valence-electron chi connectivity index (χ1n) is 8.73. The van der Waals surface area contributed by atoms with E-state index in [4.69, 9.17) is 16.0 Å². The number of benzene rings is 1. The first-order valence-corrected chi connectivity index (χ1v) is 9.10. The lowest BCUT2D eigenvalue weighted by atomic mass is 10.0. The fraction of sp³-hybridized carbons (Fsp3) is 0.500. The van der Waals surface area contributed by atoms with Crippen LogP contribution < -0.4 is 5.32 Å². The SMILES string of the molecule is CCc1ccc(Cl)c(CC)c1NC(=O)N1CCCC1c1nnc(C)o1. The van der Waals surface area contributed by atoms with Crippen molar-refractivity contribution in [2.45, 2.75) is 52.5 Å². The normalized spacial score (nSPS) is 17.1. The fourth-order valence-electron chi connectivity index (χ4n) is 3.36. The Morgan fingerprint density at radius 3 is 2.80 bits per heavy atom. The van der Waals surface area contributed by atoms with E-state index in [0.717, 1.165) is 42.5 Å². The molecule has 3 rings (SSSR count). The van der Waals surface area contributed by atoms with Gasteiger partial charge in [-0.15, -0.1) is 10.2 Å². The van der Waals surface area contributed by atoms with Gasteiger partial charge in [-0.3, -0.25) is 0 Å². The first-order chi connectivity index (χ1) is 12.0. The maximum atomic E-state index is 12.9. The molecule has 0 aliphatic carbocycles. The second kappa shape index (κ2) is 7.44. The third-order valence-electron chi connectivity index (χ3n) is 4.65. The van der Waals surface area contributed by atoms with Gasteiger partial charge >= 0.3 is 6.03 Å². The van der Waals surface area contributed by atoms with Crippen LogP contribution in [0, 0.1) is 6.92 Å². The zero-order valence-electron chi connectivity index (χ0n) is 14.8. The molecule has 2 aromatic rings. The Hall–Kier alpha value is -2.08. The van der Waals surface area contributed by atoms with Gasteiger partial charge in [-0.1, -0.05) is 31.5 Å². The number of likely N-dealkylation sites (tertiary alicyclic amines) is 1. The van der Waals surface area contributed by atoms with E-state index in [1.807, 2.05) is 19.1 Å². The largest absolute Gasteiger partial charge is 0.423 e. The molecule has 1 aromatic heterocycles. The minimum absolute atomic E-state index is 0.148. The first kappa shape index (κ1) is 17.7. The summed E-state index contributed by atoms with van der Waals surface area (Å²) in [5, 5.41) is 11.7. The number of hydrogen-bond acceptors (Lipinski definition) is 4. The summed E-state index contributed by atoms with van der Waals surface area (Å²) in [6, 6.07) is 3.55. The van der Waals surface area contributed by atoms with E-state index in [1.165, 1.54) is 0 Å². The second-order valence-corrected chi connectivity index (χ2v) is 6.62. The van der Waals surface area contributed by atoms with Gasteiger partial charge in [0.2, 0.25) is 11.8 Å². The number of carbonyl (C=O) groups excluding carboxylic acids is 1. The average molecular weight is 363 g/mol. The predicted molar refractivity (Wildman–Crippen MR) is 96.9 cm³/mol. The highest BCUT2D eigenvalue weighted by atomic mass is 35.5. The molecule has 25 heavy (non-hydrogen) atoms. The third-order valence-corrected chi connectivity index (χ3v) is 5.00. The number of aryl methyl sites for hydroxylation is 2. The number of carbonyl (C=O) groups is 1. The van der Waals surface area contributed by atoms with Crippen LogP contribution in [0.5, 0.6) is 0 Å². The van der Waals surface area contributed by atoms with Gasteiger partial charge in [-0.25, -0.2) is 4.79 Å². The molecule has 1 unspecified atom stereocenters. The molecule has 1 aliphatic heterocycles. The van der Waals surface area contributed by atoms with Crippen molar-refractivity contribution in [2.24, 2.45) is 0 Å². The van der Waals surface area contributed by atoms with Crippen molar-refractivity contribution < 1.29 is 9.21 Å². The summed E-state index contributed by atoms with van der Waals surface area (Å²) >= 11 is 6.33. The van der Waals surface area contributed by atoms with Crippen molar-refractivity contribution in [1.82, 2.24) is 15.1 Å². The standard InChI is InChI=1S/C18H23ClN4O2/c1-4-12-8-9-14(19)13(5-2)16(12)20-18(24)23-10-6-7-15(23)17-22-21-11(3)25-17/h8-9,15H,4-7,10H2,1-3H3,(H,20,24). The van der Waals surface area contributed by atoms with Crippen LogP contribution in [0.25, 0.3) is 0 Å². The molecule has 1 N–H and O–H groups in total. The van der Waals surface area contributed by atoms with Gasteiger partial charge in [0.05, 0.1) is 5.69 Å². The lowest BCUT2D eigenvalue weighted by Crippen LogP contribution is -2.35. The Kier molecular flexibility index (Phi) is 5.27. The average Bonchev–Trinajstić information content (AvgIpc) is 3.24. The highest BCUT2D eigenvalue weighted by Crippen LogP contribution is 2.34. The number of anilines is 1. The van der Waals surface area contributed by atoms with Crippen molar-refractivity contribution >= 4 is 23.3 Å². The smallest absolute Gasteiger partial charge is 0.322 e. The number of nitrogens with zero attached hydrogens (tertiary/aromatic N) is 3. The summed E-state index contributed by atoms with van der Waals surface area (Å²) in [6.45, 7) is 6.53. The number of halogens is 1. The number of urea groups is 1. The van der Waals surface area contributed by atoms with Crippen molar-refractivity contribution in [3.05, 3.63) is 40.1 Å². The molecule has 1 atom stereocenters. The molecule has 1 aromatic carbocycles. The number of amides is 2. The molecule has 7 heteroatoms. The van der Waals surface area contributed by atoms with Crippen molar-refractivity contribution in [2.75, 3.05) is 11.9 Å². The summed E-state index contributed by atoms with van der Waals surface area (Å²) in [5.41, 5.74) is 2.88. The Balaban J connectivity index is 1.86. The van der Waals surface area contributed by atoms with Gasteiger partial charge < -0.3 is 14.6 Å². The third kappa shape index (κ3) is 3.49. The summed E-state index contributed by atoms with van der Waals surface area (Å²) in [4.78, 5) is 14.7. The lowest BCUT2D eigenvalue weighted by molar-refractivity contribution is 0.197. The van der Waals surface area contributed by atoms with Crippen LogP contribution in [0.4, 0.5) is 10.5 Å². The van der Waals surface area contributed by atoms with Crippen molar-refractivity contribution in [3.63, 3.8) is 0 Å². The van der Waals surface area contributed by atoms with Crippen LogP contribution in [0.2, 0.25) is 5.02 Å². The molecule has 1 aliphatic rings. The summed E-state index contributed by atoms with van der Waals surface area (Å²) in [6.07, 6.45) is 3.32. The van der Waals surface area contributed by atoms with Crippen LogP contribution in [0.15, 0.2) is 16.5 Å². The lowest BCUT2D eigenvalue weighted by Gasteiger charge is -2.24. The predicted octanol–water partition coefficient (Wildman–Crippen LogP) is 4.53. The van der Waals surface area contributed by atoms with E-state index in [-0.39, 0.29) is 12.1 Å². The Labute approximate surface area is 152 Å². The molecule has 2 amide bonds. The van der Waals surface area contributed by atoms with Crippen LogP contribution in [-0.4, -0.2) is 27.7 Å². The van der Waals surface area contributed by atoms with E-state index in [9.17, 15) is 4.79 Å². The molecule has 6 nitrogen and oxygen atoms in total.